The van der Waals surface area contributed by atoms with E-state index in [0.29, 0.717) is 28.6 Å². The van der Waals surface area contributed by atoms with Gasteiger partial charge in [0.05, 0.1) is 26.3 Å². The van der Waals surface area contributed by atoms with E-state index in [4.69, 9.17) is 14.2 Å². The van der Waals surface area contributed by atoms with Crippen molar-refractivity contribution >= 4 is 40.8 Å². The Kier molecular flexibility index (Phi) is 9.03. The molecule has 0 saturated carbocycles. The lowest BCUT2D eigenvalue weighted by Crippen LogP contribution is -2.22. The third kappa shape index (κ3) is 7.98. The van der Waals surface area contributed by atoms with Gasteiger partial charge in [0, 0.05) is 30.8 Å². The van der Waals surface area contributed by atoms with Crippen LogP contribution in [0.3, 0.4) is 0 Å². The van der Waals surface area contributed by atoms with Crippen molar-refractivity contribution in [3.63, 3.8) is 0 Å². The van der Waals surface area contributed by atoms with Crippen LogP contribution in [0.1, 0.15) is 19.8 Å². The molecule has 0 bridgehead atoms. The van der Waals surface area contributed by atoms with Gasteiger partial charge >= 0.3 is 5.97 Å². The topological polar surface area (TPSA) is 132 Å². The number of nitrogens with one attached hydrogen (secondary N) is 3. The fraction of sp³-hybridized carbons (Fsp3) is 0.273. The summed E-state index contributed by atoms with van der Waals surface area (Å²) in [6, 6.07) is 11.4. The first-order valence-electron chi connectivity index (χ1n) is 9.65. The minimum atomic E-state index is -0.682. The van der Waals surface area contributed by atoms with Crippen molar-refractivity contribution in [1.29, 1.82) is 0 Å². The number of amides is 3. The zero-order valence-corrected chi connectivity index (χ0v) is 18.0. The Morgan fingerprint density at radius 3 is 2.03 bits per heavy atom. The number of carbonyl (C=O) groups is 4. The Morgan fingerprint density at radius 1 is 0.781 bits per heavy atom. The summed E-state index contributed by atoms with van der Waals surface area (Å²) in [6.07, 6.45) is -0.296. The van der Waals surface area contributed by atoms with E-state index < -0.39 is 18.5 Å². The molecular weight excluding hydrogens is 418 g/mol. The summed E-state index contributed by atoms with van der Waals surface area (Å²) >= 11 is 0. The van der Waals surface area contributed by atoms with Gasteiger partial charge in [-0.05, 0) is 36.4 Å². The molecule has 0 heterocycles. The molecule has 2 aromatic carbocycles. The molecule has 10 nitrogen and oxygen atoms in total. The molecule has 0 saturated heterocycles. The van der Waals surface area contributed by atoms with Crippen LogP contribution in [-0.2, 0) is 23.9 Å². The Balaban J connectivity index is 1.73. The van der Waals surface area contributed by atoms with E-state index in [1.54, 1.807) is 42.5 Å². The SMILES string of the molecule is COc1ccc(NC(=O)COC(=O)CCC(=O)Nc2ccc(NC(C)=O)cc2)c(OC)c1. The number of anilines is 3. The zero-order valence-electron chi connectivity index (χ0n) is 18.0. The Morgan fingerprint density at radius 2 is 1.44 bits per heavy atom. The maximum atomic E-state index is 12.0. The molecule has 3 N–H and O–H groups in total. The van der Waals surface area contributed by atoms with E-state index in [0.717, 1.165) is 0 Å². The predicted molar refractivity (Wildman–Crippen MR) is 118 cm³/mol. The molecule has 0 aliphatic rings. The minimum Gasteiger partial charge on any atom is -0.497 e. The van der Waals surface area contributed by atoms with E-state index in [2.05, 4.69) is 16.0 Å². The van der Waals surface area contributed by atoms with Crippen molar-refractivity contribution in [2.45, 2.75) is 19.8 Å². The molecule has 0 unspecified atom stereocenters. The third-order valence-corrected chi connectivity index (χ3v) is 4.09. The number of carbonyl (C=O) groups excluding carboxylic acids is 4. The fourth-order valence-electron chi connectivity index (χ4n) is 2.59. The summed E-state index contributed by atoms with van der Waals surface area (Å²) < 4.78 is 15.2. The van der Waals surface area contributed by atoms with Gasteiger partial charge < -0.3 is 30.2 Å². The van der Waals surface area contributed by atoms with Gasteiger partial charge in [-0.1, -0.05) is 0 Å². The molecule has 32 heavy (non-hydrogen) atoms. The summed E-state index contributed by atoms with van der Waals surface area (Å²) in [6.45, 7) is 0.897. The van der Waals surface area contributed by atoms with Crippen LogP contribution in [0.25, 0.3) is 0 Å². The molecule has 2 aromatic rings. The highest BCUT2D eigenvalue weighted by Crippen LogP contribution is 2.28. The maximum Gasteiger partial charge on any atom is 0.306 e. The van der Waals surface area contributed by atoms with Crippen LogP contribution in [0.5, 0.6) is 11.5 Å². The third-order valence-electron chi connectivity index (χ3n) is 4.09. The average Bonchev–Trinajstić information content (AvgIpc) is 2.77. The van der Waals surface area contributed by atoms with Crippen molar-refractivity contribution in [3.8, 4) is 11.5 Å². The number of esters is 1. The first-order chi connectivity index (χ1) is 15.3. The maximum absolute atomic E-state index is 12.0. The van der Waals surface area contributed by atoms with Crippen molar-refractivity contribution in [3.05, 3.63) is 42.5 Å². The van der Waals surface area contributed by atoms with Crippen molar-refractivity contribution in [2.75, 3.05) is 36.8 Å². The number of methoxy groups -OCH3 is 2. The lowest BCUT2D eigenvalue weighted by molar-refractivity contribution is -0.147. The van der Waals surface area contributed by atoms with Gasteiger partial charge in [0.2, 0.25) is 11.8 Å². The van der Waals surface area contributed by atoms with Crippen molar-refractivity contribution < 1.29 is 33.4 Å². The van der Waals surface area contributed by atoms with Crippen LogP contribution in [0.4, 0.5) is 17.1 Å². The number of rotatable bonds is 10. The number of ether oxygens (including phenoxy) is 3. The van der Waals surface area contributed by atoms with Gasteiger partial charge in [-0.2, -0.15) is 0 Å². The highest BCUT2D eigenvalue weighted by molar-refractivity contribution is 5.95. The summed E-state index contributed by atoms with van der Waals surface area (Å²) in [5, 5.41) is 7.83. The van der Waals surface area contributed by atoms with Crippen molar-refractivity contribution in [2.24, 2.45) is 0 Å². The molecule has 0 aliphatic heterocycles. The van der Waals surface area contributed by atoms with Crippen LogP contribution >= 0.6 is 0 Å². The summed E-state index contributed by atoms with van der Waals surface area (Å²) in [5.41, 5.74) is 1.52. The lowest BCUT2D eigenvalue weighted by Gasteiger charge is -2.12. The van der Waals surface area contributed by atoms with Gasteiger partial charge in [-0.25, -0.2) is 0 Å². The van der Waals surface area contributed by atoms with Crippen LogP contribution in [0.15, 0.2) is 42.5 Å². The highest BCUT2D eigenvalue weighted by atomic mass is 16.5. The second kappa shape index (κ2) is 11.9. The molecule has 0 aliphatic carbocycles. The normalized spacial score (nSPS) is 9.97. The summed E-state index contributed by atoms with van der Waals surface area (Å²) in [7, 11) is 2.96. The molecule has 10 heteroatoms. The predicted octanol–water partition coefficient (Wildman–Crippen LogP) is 2.56. The molecule has 0 fully saturated rings. The number of benzene rings is 2. The first-order valence-corrected chi connectivity index (χ1v) is 9.65. The van der Waals surface area contributed by atoms with Gasteiger partial charge in [-0.15, -0.1) is 0 Å². The molecule has 3 amide bonds. The number of hydrogen-bond acceptors (Lipinski definition) is 7. The molecule has 0 aromatic heterocycles. The van der Waals surface area contributed by atoms with E-state index in [9.17, 15) is 19.2 Å². The monoisotopic (exact) mass is 443 g/mol. The first kappa shape index (κ1) is 24.2. The number of hydrogen-bond donors (Lipinski definition) is 3. The highest BCUT2D eigenvalue weighted by Gasteiger charge is 2.13. The van der Waals surface area contributed by atoms with Crippen LogP contribution in [0, 0.1) is 0 Å². The molecular formula is C22H25N3O7. The van der Waals surface area contributed by atoms with Gasteiger partial charge in [0.25, 0.3) is 5.91 Å². The van der Waals surface area contributed by atoms with E-state index in [-0.39, 0.29) is 24.7 Å². The average molecular weight is 443 g/mol. The minimum absolute atomic E-state index is 0.111. The molecule has 0 radical (unpaired) electrons. The van der Waals surface area contributed by atoms with Gasteiger partial charge in [0.15, 0.2) is 6.61 Å². The molecule has 2 rings (SSSR count). The quantitative estimate of drug-likeness (QED) is 0.481. The zero-order chi connectivity index (χ0) is 23.5. The second-order valence-corrected chi connectivity index (χ2v) is 6.58. The van der Waals surface area contributed by atoms with Crippen LogP contribution in [-0.4, -0.2) is 44.5 Å². The second-order valence-electron chi connectivity index (χ2n) is 6.58. The molecule has 0 atom stereocenters. The molecule has 170 valence electrons. The Hall–Kier alpha value is -4.08. The van der Waals surface area contributed by atoms with E-state index >= 15 is 0 Å². The van der Waals surface area contributed by atoms with E-state index in [1.165, 1.54) is 21.1 Å². The van der Waals surface area contributed by atoms with Gasteiger partial charge in [0.1, 0.15) is 11.5 Å². The largest absolute Gasteiger partial charge is 0.497 e. The Labute approximate surface area is 185 Å². The Bertz CT molecular complexity index is 974. The van der Waals surface area contributed by atoms with Gasteiger partial charge in [-0.3, -0.25) is 19.2 Å². The smallest absolute Gasteiger partial charge is 0.306 e. The summed E-state index contributed by atoms with van der Waals surface area (Å²) in [5.74, 6) is -0.860. The van der Waals surface area contributed by atoms with Crippen LogP contribution in [0.2, 0.25) is 0 Å². The summed E-state index contributed by atoms with van der Waals surface area (Å²) in [4.78, 5) is 46.9. The molecule has 0 spiro atoms. The standard InChI is InChI=1S/C22H25N3O7/c1-14(26)23-15-4-6-16(7-5-15)24-20(27)10-11-22(29)32-13-21(28)25-18-9-8-17(30-2)12-19(18)31-3/h4-9,12H,10-11,13H2,1-3H3,(H,23,26)(H,24,27)(H,25,28). The van der Waals surface area contributed by atoms with Crippen molar-refractivity contribution in [1.82, 2.24) is 0 Å². The lowest BCUT2D eigenvalue weighted by atomic mass is 10.2. The van der Waals surface area contributed by atoms with Crippen LogP contribution < -0.4 is 25.4 Å². The van der Waals surface area contributed by atoms with E-state index in [1.807, 2.05) is 0 Å². The fourth-order valence-corrected chi connectivity index (χ4v) is 2.59.